The summed E-state index contributed by atoms with van der Waals surface area (Å²) in [6.45, 7) is 2.68. The van der Waals surface area contributed by atoms with E-state index >= 15 is 0 Å². The Balaban J connectivity index is 2.33. The predicted molar refractivity (Wildman–Crippen MR) is 77.0 cm³/mol. The molecule has 0 heterocycles. The summed E-state index contributed by atoms with van der Waals surface area (Å²) in [4.78, 5) is 11.7. The predicted octanol–water partition coefficient (Wildman–Crippen LogP) is 3.50. The fourth-order valence-electron chi connectivity index (χ4n) is 1.73. The lowest BCUT2D eigenvalue weighted by Crippen LogP contribution is -2.12. The molecule has 18 heavy (non-hydrogen) atoms. The molecular formula is C14H21ClN2O. The number of aryl methyl sites for hydroxylation is 1. The Morgan fingerprint density at radius 2 is 2.00 bits per heavy atom. The van der Waals surface area contributed by atoms with Crippen molar-refractivity contribution in [1.82, 2.24) is 0 Å². The highest BCUT2D eigenvalue weighted by atomic mass is 35.5. The number of hydrogen-bond donors (Lipinski definition) is 2. The number of nitrogens with one attached hydrogen (secondary N) is 1. The minimum Gasteiger partial charge on any atom is -0.330 e. The van der Waals surface area contributed by atoms with Crippen molar-refractivity contribution in [2.75, 3.05) is 11.9 Å². The van der Waals surface area contributed by atoms with Crippen molar-refractivity contribution in [3.05, 3.63) is 28.8 Å². The van der Waals surface area contributed by atoms with Gasteiger partial charge < -0.3 is 11.1 Å². The molecule has 0 fully saturated rings. The largest absolute Gasteiger partial charge is 0.330 e. The van der Waals surface area contributed by atoms with Gasteiger partial charge in [-0.15, -0.1) is 0 Å². The molecular weight excluding hydrogens is 248 g/mol. The van der Waals surface area contributed by atoms with Crippen LogP contribution in [0.15, 0.2) is 18.2 Å². The third-order valence-corrected chi connectivity index (χ3v) is 3.07. The van der Waals surface area contributed by atoms with Crippen molar-refractivity contribution >= 4 is 23.2 Å². The van der Waals surface area contributed by atoms with E-state index in [2.05, 4.69) is 5.32 Å². The molecule has 0 aliphatic rings. The number of anilines is 1. The highest BCUT2D eigenvalue weighted by Crippen LogP contribution is 2.20. The van der Waals surface area contributed by atoms with Gasteiger partial charge in [0.1, 0.15) is 0 Å². The van der Waals surface area contributed by atoms with Gasteiger partial charge in [-0.3, -0.25) is 4.79 Å². The summed E-state index contributed by atoms with van der Waals surface area (Å²) < 4.78 is 0. The number of hydrogen-bond acceptors (Lipinski definition) is 2. The molecule has 0 saturated carbocycles. The zero-order valence-electron chi connectivity index (χ0n) is 10.8. The molecule has 0 spiro atoms. The van der Waals surface area contributed by atoms with Crippen molar-refractivity contribution in [1.29, 1.82) is 0 Å². The average Bonchev–Trinajstić information content (AvgIpc) is 2.33. The van der Waals surface area contributed by atoms with Gasteiger partial charge in [-0.2, -0.15) is 0 Å². The maximum absolute atomic E-state index is 11.7. The SMILES string of the molecule is Cc1ccc(Cl)cc1NC(=O)CCCCCCN. The van der Waals surface area contributed by atoms with E-state index in [1.54, 1.807) is 6.07 Å². The number of carbonyl (C=O) groups is 1. The standard InChI is InChI=1S/C14H21ClN2O/c1-11-7-8-12(15)10-13(11)17-14(18)6-4-2-3-5-9-16/h7-8,10H,2-6,9,16H2,1H3,(H,17,18). The van der Waals surface area contributed by atoms with Gasteiger partial charge in [0.05, 0.1) is 0 Å². The second-order valence-corrected chi connectivity index (χ2v) is 4.90. The van der Waals surface area contributed by atoms with E-state index in [0.717, 1.165) is 43.5 Å². The average molecular weight is 269 g/mol. The number of nitrogens with two attached hydrogens (primary N) is 1. The molecule has 0 aliphatic heterocycles. The molecule has 1 aromatic carbocycles. The van der Waals surface area contributed by atoms with Crippen LogP contribution in [0.1, 0.15) is 37.7 Å². The zero-order valence-corrected chi connectivity index (χ0v) is 11.6. The van der Waals surface area contributed by atoms with E-state index in [4.69, 9.17) is 17.3 Å². The smallest absolute Gasteiger partial charge is 0.224 e. The molecule has 1 aromatic rings. The minimum atomic E-state index is 0.0492. The summed E-state index contributed by atoms with van der Waals surface area (Å²) >= 11 is 5.90. The van der Waals surface area contributed by atoms with Crippen LogP contribution >= 0.6 is 11.6 Å². The van der Waals surface area contributed by atoms with Crippen molar-refractivity contribution < 1.29 is 4.79 Å². The molecule has 100 valence electrons. The van der Waals surface area contributed by atoms with E-state index in [-0.39, 0.29) is 5.91 Å². The van der Waals surface area contributed by atoms with Gasteiger partial charge in [-0.05, 0) is 44.0 Å². The second kappa shape index (κ2) is 8.11. The Morgan fingerprint density at radius 3 is 2.72 bits per heavy atom. The summed E-state index contributed by atoms with van der Waals surface area (Å²) in [7, 11) is 0. The third kappa shape index (κ3) is 5.52. The Labute approximate surface area is 114 Å². The van der Waals surface area contributed by atoms with Crippen molar-refractivity contribution in [3.63, 3.8) is 0 Å². The second-order valence-electron chi connectivity index (χ2n) is 4.46. The summed E-state index contributed by atoms with van der Waals surface area (Å²) in [6.07, 6.45) is 4.65. The highest BCUT2D eigenvalue weighted by Gasteiger charge is 2.05. The van der Waals surface area contributed by atoms with Crippen LogP contribution in [0.5, 0.6) is 0 Å². The molecule has 0 atom stereocenters. The van der Waals surface area contributed by atoms with Gasteiger partial charge in [0.2, 0.25) is 5.91 Å². The number of halogens is 1. The van der Waals surface area contributed by atoms with Crippen molar-refractivity contribution in [2.24, 2.45) is 5.73 Å². The fourth-order valence-corrected chi connectivity index (χ4v) is 1.90. The Kier molecular flexibility index (Phi) is 6.76. The number of benzene rings is 1. The first kappa shape index (κ1) is 15.0. The van der Waals surface area contributed by atoms with Gasteiger partial charge in [-0.1, -0.05) is 30.5 Å². The van der Waals surface area contributed by atoms with Gasteiger partial charge in [-0.25, -0.2) is 0 Å². The van der Waals surface area contributed by atoms with Gasteiger partial charge in [0, 0.05) is 17.1 Å². The Hall–Kier alpha value is -1.06. The van der Waals surface area contributed by atoms with E-state index < -0.39 is 0 Å². The van der Waals surface area contributed by atoms with E-state index in [1.807, 2.05) is 19.1 Å². The van der Waals surface area contributed by atoms with Crippen molar-refractivity contribution in [2.45, 2.75) is 39.0 Å². The molecule has 4 heteroatoms. The number of rotatable bonds is 7. The number of unbranched alkanes of at least 4 members (excludes halogenated alkanes) is 3. The first-order valence-corrected chi connectivity index (χ1v) is 6.77. The van der Waals surface area contributed by atoms with E-state index in [9.17, 15) is 4.79 Å². The van der Waals surface area contributed by atoms with Crippen LogP contribution in [0.2, 0.25) is 5.02 Å². The third-order valence-electron chi connectivity index (χ3n) is 2.83. The maximum Gasteiger partial charge on any atom is 0.224 e. The van der Waals surface area contributed by atoms with E-state index in [0.29, 0.717) is 11.4 Å². The van der Waals surface area contributed by atoms with Crippen LogP contribution in [-0.2, 0) is 4.79 Å². The van der Waals surface area contributed by atoms with Crippen LogP contribution in [0.3, 0.4) is 0 Å². The maximum atomic E-state index is 11.7. The summed E-state index contributed by atoms with van der Waals surface area (Å²) in [6, 6.07) is 5.50. The highest BCUT2D eigenvalue weighted by molar-refractivity contribution is 6.31. The Morgan fingerprint density at radius 1 is 1.28 bits per heavy atom. The lowest BCUT2D eigenvalue weighted by atomic mass is 10.1. The van der Waals surface area contributed by atoms with Crippen LogP contribution in [0.25, 0.3) is 0 Å². The zero-order chi connectivity index (χ0) is 13.4. The topological polar surface area (TPSA) is 55.1 Å². The van der Waals surface area contributed by atoms with Crippen LogP contribution in [0, 0.1) is 6.92 Å². The summed E-state index contributed by atoms with van der Waals surface area (Å²) in [5.74, 6) is 0.0492. The molecule has 0 saturated heterocycles. The molecule has 0 bridgehead atoms. The van der Waals surface area contributed by atoms with Crippen molar-refractivity contribution in [3.8, 4) is 0 Å². The van der Waals surface area contributed by atoms with Crippen LogP contribution in [0.4, 0.5) is 5.69 Å². The van der Waals surface area contributed by atoms with E-state index in [1.165, 1.54) is 0 Å². The Bertz CT molecular complexity index is 393. The molecule has 1 rings (SSSR count). The lowest BCUT2D eigenvalue weighted by Gasteiger charge is -2.08. The first-order valence-electron chi connectivity index (χ1n) is 6.39. The molecule has 3 N–H and O–H groups in total. The molecule has 3 nitrogen and oxygen atoms in total. The van der Waals surface area contributed by atoms with Crippen LogP contribution in [-0.4, -0.2) is 12.5 Å². The van der Waals surface area contributed by atoms with Gasteiger partial charge in [0.25, 0.3) is 0 Å². The molecule has 0 aromatic heterocycles. The fraction of sp³-hybridized carbons (Fsp3) is 0.500. The monoisotopic (exact) mass is 268 g/mol. The quantitative estimate of drug-likeness (QED) is 0.744. The molecule has 0 aliphatic carbocycles. The molecule has 0 unspecified atom stereocenters. The molecule has 0 radical (unpaired) electrons. The summed E-state index contributed by atoms with van der Waals surface area (Å²) in [5, 5.41) is 3.53. The number of carbonyl (C=O) groups excluding carboxylic acids is 1. The minimum absolute atomic E-state index is 0.0492. The number of amides is 1. The van der Waals surface area contributed by atoms with Gasteiger partial charge in [0.15, 0.2) is 0 Å². The summed E-state index contributed by atoms with van der Waals surface area (Å²) in [5.41, 5.74) is 7.24. The lowest BCUT2D eigenvalue weighted by molar-refractivity contribution is -0.116. The normalized spacial score (nSPS) is 10.4. The first-order chi connectivity index (χ1) is 8.63. The van der Waals surface area contributed by atoms with Gasteiger partial charge >= 0.3 is 0 Å². The molecule has 1 amide bonds. The van der Waals surface area contributed by atoms with Crippen LogP contribution < -0.4 is 11.1 Å².